The van der Waals surface area contributed by atoms with Gasteiger partial charge in [-0.1, -0.05) is 5.16 Å². The normalized spacial score (nSPS) is 22.2. The van der Waals surface area contributed by atoms with E-state index in [1.165, 1.54) is 29.8 Å². The molecule has 10 heteroatoms. The molecule has 2 aromatic heterocycles. The van der Waals surface area contributed by atoms with Gasteiger partial charge in [0.05, 0.1) is 6.20 Å². The number of piperazine rings is 1. The van der Waals surface area contributed by atoms with Crippen molar-refractivity contribution in [1.82, 2.24) is 19.7 Å². The molecule has 0 radical (unpaired) electrons. The first-order valence-electron chi connectivity index (χ1n) is 9.30. The van der Waals surface area contributed by atoms with E-state index in [4.69, 9.17) is 0 Å². The third-order valence-electron chi connectivity index (χ3n) is 5.34. The average molecular weight is 392 g/mol. The zero-order valence-corrected chi connectivity index (χ0v) is 16.2. The molecule has 0 N–H and O–H groups in total. The molecule has 0 aromatic carbocycles. The summed E-state index contributed by atoms with van der Waals surface area (Å²) in [5.41, 5.74) is 0. The van der Waals surface area contributed by atoms with Crippen LogP contribution >= 0.6 is 0 Å². The molecule has 4 heterocycles. The molecule has 4 rings (SSSR count). The summed E-state index contributed by atoms with van der Waals surface area (Å²) in [5.74, 6) is 1.70. The summed E-state index contributed by atoms with van der Waals surface area (Å²) >= 11 is 0. The molecule has 1 unspecified atom stereocenters. The van der Waals surface area contributed by atoms with Crippen LogP contribution in [-0.4, -0.2) is 66.8 Å². The van der Waals surface area contributed by atoms with Crippen LogP contribution in [0.5, 0.6) is 0 Å². The Bertz CT molecular complexity index is 847. The summed E-state index contributed by atoms with van der Waals surface area (Å²) in [7, 11) is -3.54. The number of piperidine rings is 1. The molecule has 0 spiro atoms. The van der Waals surface area contributed by atoms with Crippen molar-refractivity contribution < 1.29 is 12.9 Å². The zero-order valence-electron chi connectivity index (χ0n) is 15.4. The van der Waals surface area contributed by atoms with Gasteiger partial charge in [0.25, 0.3) is 0 Å². The fourth-order valence-electron chi connectivity index (χ4n) is 3.71. The van der Waals surface area contributed by atoms with Crippen LogP contribution in [0.3, 0.4) is 0 Å². The molecule has 146 valence electrons. The lowest BCUT2D eigenvalue weighted by Crippen LogP contribution is -2.49. The lowest BCUT2D eigenvalue weighted by Gasteiger charge is -2.35. The highest BCUT2D eigenvalue weighted by atomic mass is 32.2. The molecule has 0 saturated carbocycles. The van der Waals surface area contributed by atoms with Crippen molar-refractivity contribution in [1.29, 1.82) is 0 Å². The largest absolute Gasteiger partial charge is 0.363 e. The Kier molecular flexibility index (Phi) is 5.00. The summed E-state index contributed by atoms with van der Waals surface area (Å²) in [6, 6.07) is 4.49. The molecular formula is C17H24N6O3S. The summed E-state index contributed by atoms with van der Waals surface area (Å²) in [6.45, 7) is 5.16. The highest BCUT2D eigenvalue weighted by Gasteiger charge is 2.30. The van der Waals surface area contributed by atoms with Gasteiger partial charge in [-0.15, -0.1) is 10.2 Å². The van der Waals surface area contributed by atoms with Gasteiger partial charge in [0.15, 0.2) is 11.6 Å². The van der Waals surface area contributed by atoms with Crippen LogP contribution in [0.25, 0.3) is 0 Å². The maximum absolute atomic E-state index is 12.5. The van der Waals surface area contributed by atoms with E-state index in [0.29, 0.717) is 32.2 Å². The van der Waals surface area contributed by atoms with Crippen molar-refractivity contribution in [2.45, 2.75) is 37.1 Å². The lowest BCUT2D eigenvalue weighted by atomic mass is 10.0. The molecule has 0 bridgehead atoms. The van der Waals surface area contributed by atoms with E-state index in [1.54, 1.807) is 0 Å². The van der Waals surface area contributed by atoms with E-state index in [9.17, 15) is 8.42 Å². The minimum Gasteiger partial charge on any atom is -0.363 e. The van der Waals surface area contributed by atoms with Gasteiger partial charge in [0.2, 0.25) is 10.0 Å². The number of hydrogen-bond acceptors (Lipinski definition) is 8. The second-order valence-electron chi connectivity index (χ2n) is 7.04. The van der Waals surface area contributed by atoms with Crippen molar-refractivity contribution in [2.24, 2.45) is 0 Å². The van der Waals surface area contributed by atoms with Gasteiger partial charge in [0, 0.05) is 38.8 Å². The quantitative estimate of drug-likeness (QED) is 0.769. The Morgan fingerprint density at radius 3 is 2.41 bits per heavy atom. The van der Waals surface area contributed by atoms with Gasteiger partial charge >= 0.3 is 0 Å². The number of rotatable bonds is 4. The Balaban J connectivity index is 1.40. The summed E-state index contributed by atoms with van der Waals surface area (Å²) in [5, 5.41) is 12.3. The van der Waals surface area contributed by atoms with E-state index >= 15 is 0 Å². The van der Waals surface area contributed by atoms with Crippen molar-refractivity contribution in [2.75, 3.05) is 42.5 Å². The predicted octanol–water partition coefficient (Wildman–Crippen LogP) is 1.35. The first kappa shape index (κ1) is 18.2. The van der Waals surface area contributed by atoms with E-state index in [0.717, 1.165) is 24.4 Å². The first-order chi connectivity index (χ1) is 13.1. The Labute approximate surface area is 159 Å². The molecule has 2 fully saturated rings. The summed E-state index contributed by atoms with van der Waals surface area (Å²) in [4.78, 5) is 4.47. The Morgan fingerprint density at radius 2 is 1.78 bits per heavy atom. The van der Waals surface area contributed by atoms with Crippen LogP contribution in [0.4, 0.5) is 11.6 Å². The molecule has 2 aliphatic rings. The fraction of sp³-hybridized carbons (Fsp3) is 0.588. The number of sulfonamides is 1. The van der Waals surface area contributed by atoms with Crippen LogP contribution in [0, 0.1) is 0 Å². The van der Waals surface area contributed by atoms with Gasteiger partial charge in [-0.2, -0.15) is 4.31 Å². The molecule has 0 amide bonds. The van der Waals surface area contributed by atoms with E-state index in [-0.39, 0.29) is 4.90 Å². The molecule has 2 saturated heterocycles. The van der Waals surface area contributed by atoms with Crippen LogP contribution < -0.4 is 9.80 Å². The Hall–Kier alpha value is -2.20. The number of aromatic nitrogens is 3. The van der Waals surface area contributed by atoms with Crippen molar-refractivity contribution in [3.05, 3.63) is 24.6 Å². The van der Waals surface area contributed by atoms with Gasteiger partial charge in [0.1, 0.15) is 11.2 Å². The van der Waals surface area contributed by atoms with Gasteiger partial charge in [-0.3, -0.25) is 0 Å². The third-order valence-corrected chi connectivity index (χ3v) is 7.19. The van der Waals surface area contributed by atoms with Gasteiger partial charge < -0.3 is 14.3 Å². The van der Waals surface area contributed by atoms with Gasteiger partial charge in [-0.25, -0.2) is 8.42 Å². The third kappa shape index (κ3) is 3.63. The SMILES string of the molecule is CC1CCCCN1c1ccc(N2CCN(S(=O)(=O)c3cnoc3)CC2)nn1. The zero-order chi connectivity index (χ0) is 18.9. The van der Waals surface area contributed by atoms with Crippen LogP contribution in [0.15, 0.2) is 34.0 Å². The molecular weight excluding hydrogens is 368 g/mol. The van der Waals surface area contributed by atoms with Crippen molar-refractivity contribution in [3.8, 4) is 0 Å². The standard InChI is InChI=1S/C17H24N6O3S/c1-14-4-2-3-7-23(14)17-6-5-16(19-20-17)21-8-10-22(11-9-21)27(24,25)15-12-18-26-13-15/h5-6,12-14H,2-4,7-11H2,1H3. The highest BCUT2D eigenvalue weighted by molar-refractivity contribution is 7.89. The maximum atomic E-state index is 12.5. The predicted molar refractivity (Wildman–Crippen MR) is 100 cm³/mol. The molecule has 2 aliphatic heterocycles. The van der Waals surface area contributed by atoms with Crippen LogP contribution in [0.1, 0.15) is 26.2 Å². The lowest BCUT2D eigenvalue weighted by molar-refractivity contribution is 0.382. The minimum absolute atomic E-state index is 0.0933. The monoisotopic (exact) mass is 392 g/mol. The molecule has 0 aliphatic carbocycles. The smallest absolute Gasteiger partial charge is 0.248 e. The molecule has 27 heavy (non-hydrogen) atoms. The molecule has 2 aromatic rings. The van der Waals surface area contributed by atoms with Crippen molar-refractivity contribution in [3.63, 3.8) is 0 Å². The van der Waals surface area contributed by atoms with E-state index in [2.05, 4.69) is 36.6 Å². The fourth-order valence-corrected chi connectivity index (χ4v) is 4.99. The second-order valence-corrected chi connectivity index (χ2v) is 8.98. The summed E-state index contributed by atoms with van der Waals surface area (Å²) in [6.07, 6.45) is 6.04. The van der Waals surface area contributed by atoms with E-state index in [1.807, 2.05) is 12.1 Å². The summed E-state index contributed by atoms with van der Waals surface area (Å²) < 4.78 is 31.1. The van der Waals surface area contributed by atoms with Crippen LogP contribution in [-0.2, 0) is 10.0 Å². The number of anilines is 2. The second kappa shape index (κ2) is 7.43. The van der Waals surface area contributed by atoms with Gasteiger partial charge in [-0.05, 0) is 38.3 Å². The minimum atomic E-state index is -3.54. The Morgan fingerprint density at radius 1 is 1.04 bits per heavy atom. The van der Waals surface area contributed by atoms with Crippen LogP contribution in [0.2, 0.25) is 0 Å². The molecule has 1 atom stereocenters. The van der Waals surface area contributed by atoms with E-state index < -0.39 is 10.0 Å². The van der Waals surface area contributed by atoms with Crippen molar-refractivity contribution >= 4 is 21.7 Å². The molecule has 9 nitrogen and oxygen atoms in total. The highest BCUT2D eigenvalue weighted by Crippen LogP contribution is 2.24. The topological polar surface area (TPSA) is 95.7 Å². The number of hydrogen-bond donors (Lipinski definition) is 0. The first-order valence-corrected chi connectivity index (χ1v) is 10.7. The number of nitrogens with zero attached hydrogens (tertiary/aromatic N) is 6. The maximum Gasteiger partial charge on any atom is 0.248 e. The average Bonchev–Trinajstić information content (AvgIpc) is 3.24.